The van der Waals surface area contributed by atoms with Crippen LogP contribution in [0.25, 0.3) is 0 Å². The lowest BCUT2D eigenvalue weighted by atomic mass is 9.89. The average Bonchev–Trinajstić information content (AvgIpc) is 3.18. The van der Waals surface area contributed by atoms with Crippen molar-refractivity contribution >= 4 is 24.0 Å². The Labute approximate surface area is 178 Å². The first-order valence-electron chi connectivity index (χ1n) is 9.59. The van der Waals surface area contributed by atoms with Gasteiger partial charge in [0, 0.05) is 25.1 Å². The number of amides is 1. The standard InChI is InChI=1S/C22H29N3O3.ClH/c1-15(22(26)24-20-11-18(27-2)9-10-21(20)28-3)25-13-17(12-23)19(14-25)16-7-5-4-6-8-16;/h4-11,15,17,19H,12-14,23H2,1-3H3,(H,24,26);1H/t15?,17-,19+;/m1./s1. The van der Waals surface area contributed by atoms with Gasteiger partial charge in [-0.2, -0.15) is 0 Å². The first kappa shape index (κ1) is 23.0. The maximum absolute atomic E-state index is 12.9. The summed E-state index contributed by atoms with van der Waals surface area (Å²) in [6, 6.07) is 15.5. The zero-order chi connectivity index (χ0) is 20.1. The highest BCUT2D eigenvalue weighted by molar-refractivity contribution is 5.96. The highest BCUT2D eigenvalue weighted by Crippen LogP contribution is 2.34. The number of rotatable bonds is 7. The molecule has 0 aromatic heterocycles. The average molecular weight is 420 g/mol. The van der Waals surface area contributed by atoms with E-state index in [4.69, 9.17) is 15.2 Å². The fourth-order valence-electron chi connectivity index (χ4n) is 3.85. The number of nitrogens with zero attached hydrogens (tertiary/aromatic N) is 1. The van der Waals surface area contributed by atoms with Gasteiger partial charge in [0.15, 0.2) is 0 Å². The number of ether oxygens (including phenoxy) is 2. The number of anilines is 1. The topological polar surface area (TPSA) is 76.8 Å². The van der Waals surface area contributed by atoms with Crippen molar-refractivity contribution in [1.82, 2.24) is 4.90 Å². The molecule has 2 aromatic carbocycles. The Kier molecular flexibility index (Phi) is 8.32. The molecule has 1 aliphatic rings. The highest BCUT2D eigenvalue weighted by atomic mass is 35.5. The molecule has 1 unspecified atom stereocenters. The molecule has 0 radical (unpaired) electrons. The van der Waals surface area contributed by atoms with Gasteiger partial charge in [-0.15, -0.1) is 12.4 Å². The van der Waals surface area contributed by atoms with Gasteiger partial charge in [-0.05, 0) is 37.1 Å². The lowest BCUT2D eigenvalue weighted by Gasteiger charge is -2.24. The number of halogens is 1. The molecule has 1 heterocycles. The van der Waals surface area contributed by atoms with Crippen LogP contribution in [0.3, 0.4) is 0 Å². The van der Waals surface area contributed by atoms with Crippen molar-refractivity contribution in [1.29, 1.82) is 0 Å². The molecule has 3 rings (SSSR count). The van der Waals surface area contributed by atoms with E-state index in [-0.39, 0.29) is 24.4 Å². The predicted octanol–water partition coefficient (Wildman–Crippen LogP) is 3.13. The van der Waals surface area contributed by atoms with Gasteiger partial charge in [0.25, 0.3) is 0 Å². The zero-order valence-corrected chi connectivity index (χ0v) is 17.9. The van der Waals surface area contributed by atoms with Crippen molar-refractivity contribution in [3.8, 4) is 11.5 Å². The van der Waals surface area contributed by atoms with Gasteiger partial charge >= 0.3 is 0 Å². The minimum absolute atomic E-state index is 0. The van der Waals surface area contributed by atoms with Crippen LogP contribution in [0.1, 0.15) is 18.4 Å². The molecule has 0 aliphatic carbocycles. The lowest BCUT2D eigenvalue weighted by Crippen LogP contribution is -2.41. The number of nitrogens with one attached hydrogen (secondary N) is 1. The number of carbonyl (C=O) groups is 1. The van der Waals surface area contributed by atoms with Crippen LogP contribution in [-0.2, 0) is 4.79 Å². The van der Waals surface area contributed by atoms with Crippen molar-refractivity contribution in [3.05, 3.63) is 54.1 Å². The molecule has 1 fully saturated rings. The molecule has 1 saturated heterocycles. The number of benzene rings is 2. The van der Waals surface area contributed by atoms with Crippen LogP contribution < -0.4 is 20.5 Å². The third kappa shape index (κ3) is 5.21. The molecular formula is C22H30ClN3O3. The Morgan fingerprint density at radius 2 is 1.90 bits per heavy atom. The van der Waals surface area contributed by atoms with Crippen LogP contribution in [0.4, 0.5) is 5.69 Å². The summed E-state index contributed by atoms with van der Waals surface area (Å²) in [5.74, 6) is 1.87. The van der Waals surface area contributed by atoms with Gasteiger partial charge in [-0.25, -0.2) is 0 Å². The number of likely N-dealkylation sites (tertiary alicyclic amines) is 1. The predicted molar refractivity (Wildman–Crippen MR) is 118 cm³/mol. The Bertz CT molecular complexity index is 803. The molecule has 1 aliphatic heterocycles. The maximum Gasteiger partial charge on any atom is 0.241 e. The molecule has 3 atom stereocenters. The monoisotopic (exact) mass is 419 g/mol. The summed E-state index contributed by atoms with van der Waals surface area (Å²) >= 11 is 0. The van der Waals surface area contributed by atoms with Gasteiger partial charge in [0.2, 0.25) is 5.91 Å². The van der Waals surface area contributed by atoms with E-state index in [1.807, 2.05) is 13.0 Å². The van der Waals surface area contributed by atoms with Crippen molar-refractivity contribution in [3.63, 3.8) is 0 Å². The van der Waals surface area contributed by atoms with Crippen LogP contribution >= 0.6 is 12.4 Å². The molecule has 6 nitrogen and oxygen atoms in total. The quantitative estimate of drug-likeness (QED) is 0.721. The van der Waals surface area contributed by atoms with Crippen LogP contribution in [0.5, 0.6) is 11.5 Å². The van der Waals surface area contributed by atoms with Gasteiger partial charge < -0.3 is 20.5 Å². The van der Waals surface area contributed by atoms with Gasteiger partial charge in [0.05, 0.1) is 25.9 Å². The number of nitrogens with two attached hydrogens (primary N) is 1. The molecule has 0 bridgehead atoms. The largest absolute Gasteiger partial charge is 0.497 e. The van der Waals surface area contributed by atoms with Crippen molar-refractivity contribution in [2.45, 2.75) is 18.9 Å². The lowest BCUT2D eigenvalue weighted by molar-refractivity contribution is -0.120. The smallest absolute Gasteiger partial charge is 0.241 e. The van der Waals surface area contributed by atoms with E-state index in [2.05, 4.69) is 34.5 Å². The summed E-state index contributed by atoms with van der Waals surface area (Å²) in [6.45, 7) is 4.16. The molecule has 7 heteroatoms. The van der Waals surface area contributed by atoms with Crippen LogP contribution in [0.15, 0.2) is 48.5 Å². The first-order chi connectivity index (χ1) is 13.6. The van der Waals surface area contributed by atoms with E-state index in [0.717, 1.165) is 13.1 Å². The summed E-state index contributed by atoms with van der Waals surface area (Å²) in [6.07, 6.45) is 0. The second-order valence-corrected chi connectivity index (χ2v) is 7.20. The Morgan fingerprint density at radius 1 is 1.17 bits per heavy atom. The third-order valence-corrected chi connectivity index (χ3v) is 5.59. The first-order valence-corrected chi connectivity index (χ1v) is 9.59. The van der Waals surface area contributed by atoms with Crippen molar-refractivity contribution in [2.24, 2.45) is 11.7 Å². The Hall–Kier alpha value is -2.28. The van der Waals surface area contributed by atoms with Gasteiger partial charge in [-0.3, -0.25) is 9.69 Å². The molecule has 3 N–H and O–H groups in total. The second kappa shape index (κ2) is 10.5. The normalized spacial score (nSPS) is 19.9. The summed E-state index contributed by atoms with van der Waals surface area (Å²) in [5.41, 5.74) is 7.92. The molecular weight excluding hydrogens is 390 g/mol. The molecule has 0 saturated carbocycles. The number of carbonyl (C=O) groups excluding carboxylic acids is 1. The van der Waals surface area contributed by atoms with Crippen molar-refractivity contribution in [2.75, 3.05) is 39.2 Å². The molecule has 29 heavy (non-hydrogen) atoms. The van der Waals surface area contributed by atoms with Crippen LogP contribution in [-0.4, -0.2) is 50.7 Å². The van der Waals surface area contributed by atoms with E-state index in [9.17, 15) is 4.79 Å². The number of hydrogen-bond donors (Lipinski definition) is 2. The molecule has 2 aromatic rings. The second-order valence-electron chi connectivity index (χ2n) is 7.20. The third-order valence-electron chi connectivity index (χ3n) is 5.59. The summed E-state index contributed by atoms with van der Waals surface area (Å²) in [5, 5.41) is 2.98. The Morgan fingerprint density at radius 3 is 2.52 bits per heavy atom. The summed E-state index contributed by atoms with van der Waals surface area (Å²) in [7, 11) is 3.18. The van der Waals surface area contributed by atoms with Gasteiger partial charge in [-0.1, -0.05) is 30.3 Å². The van der Waals surface area contributed by atoms with E-state index in [1.54, 1.807) is 32.4 Å². The molecule has 158 valence electrons. The number of methoxy groups -OCH3 is 2. The maximum atomic E-state index is 12.9. The summed E-state index contributed by atoms with van der Waals surface area (Å²) in [4.78, 5) is 15.1. The fraction of sp³-hybridized carbons (Fsp3) is 0.409. The minimum Gasteiger partial charge on any atom is -0.497 e. The highest BCUT2D eigenvalue weighted by Gasteiger charge is 2.37. The van der Waals surface area contributed by atoms with Crippen LogP contribution in [0, 0.1) is 5.92 Å². The van der Waals surface area contributed by atoms with E-state index >= 15 is 0 Å². The van der Waals surface area contributed by atoms with E-state index in [0.29, 0.717) is 35.6 Å². The number of hydrogen-bond acceptors (Lipinski definition) is 5. The fourth-order valence-corrected chi connectivity index (χ4v) is 3.85. The summed E-state index contributed by atoms with van der Waals surface area (Å²) < 4.78 is 10.6. The molecule has 1 amide bonds. The van der Waals surface area contributed by atoms with E-state index < -0.39 is 0 Å². The van der Waals surface area contributed by atoms with E-state index in [1.165, 1.54) is 5.56 Å². The Balaban J connectivity index is 0.00000300. The zero-order valence-electron chi connectivity index (χ0n) is 17.1. The van der Waals surface area contributed by atoms with Crippen LogP contribution in [0.2, 0.25) is 0 Å². The van der Waals surface area contributed by atoms with Gasteiger partial charge in [0.1, 0.15) is 11.5 Å². The van der Waals surface area contributed by atoms with Crippen molar-refractivity contribution < 1.29 is 14.3 Å². The SMILES string of the molecule is COc1ccc(OC)c(NC(=O)C(C)N2C[C@@H](CN)[C@H](c3ccccc3)C2)c1.Cl. The minimum atomic E-state index is -0.279. The molecule has 0 spiro atoms.